The number of hydrogen-bond donors (Lipinski definition) is 1. The van der Waals surface area contributed by atoms with Crippen LogP contribution in [-0.2, 0) is 9.59 Å². The molecule has 0 radical (unpaired) electrons. The summed E-state index contributed by atoms with van der Waals surface area (Å²) in [6.45, 7) is 0. The van der Waals surface area contributed by atoms with Crippen molar-refractivity contribution in [2.45, 2.75) is 6.42 Å². The summed E-state index contributed by atoms with van der Waals surface area (Å²) in [7, 11) is 0. The van der Waals surface area contributed by atoms with Crippen molar-refractivity contribution in [3.8, 4) is 5.75 Å². The number of hydrazone groups is 1. The Morgan fingerprint density at radius 3 is 2.41 bits per heavy atom. The molecular weight excluding hydrogens is 304 g/mol. The minimum Gasteiger partial charge on any atom is -0.506 e. The summed E-state index contributed by atoms with van der Waals surface area (Å²) in [6.07, 6.45) is 6.41. The monoisotopic (exact) mass is 316 g/mol. The second-order valence-corrected chi connectivity index (χ2v) is 6.35. The van der Waals surface area contributed by atoms with Crippen molar-refractivity contribution < 1.29 is 14.7 Å². The van der Waals surface area contributed by atoms with Gasteiger partial charge in [0.15, 0.2) is 0 Å². The molecule has 5 nitrogen and oxygen atoms in total. The standard InChI is InChI=1S/C16H13ClN2O3/c17-11-5-8(1-4-12(11)20)7-18-19-15(21)13-9-2-3-10(6-9)14(13)16(19)22/h1-5,7,9-10,13-14,20H,6H2/b18-7+. The summed E-state index contributed by atoms with van der Waals surface area (Å²) in [6, 6.07) is 4.58. The number of halogens is 1. The Balaban J connectivity index is 1.59. The van der Waals surface area contributed by atoms with Crippen LogP contribution in [0.3, 0.4) is 0 Å². The lowest BCUT2D eigenvalue weighted by Crippen LogP contribution is -2.28. The predicted molar refractivity (Wildman–Crippen MR) is 80.3 cm³/mol. The molecule has 22 heavy (non-hydrogen) atoms. The fourth-order valence-corrected chi connectivity index (χ4v) is 3.92. The van der Waals surface area contributed by atoms with Crippen LogP contribution >= 0.6 is 11.6 Å². The van der Waals surface area contributed by atoms with E-state index in [2.05, 4.69) is 5.10 Å². The first kappa shape index (κ1) is 13.5. The number of hydrogen-bond acceptors (Lipinski definition) is 4. The van der Waals surface area contributed by atoms with Crippen molar-refractivity contribution in [3.63, 3.8) is 0 Å². The van der Waals surface area contributed by atoms with Crippen LogP contribution in [0.4, 0.5) is 0 Å². The minimum atomic E-state index is -0.247. The number of carbonyl (C=O) groups excluding carboxylic acids is 2. The molecule has 2 bridgehead atoms. The maximum Gasteiger partial charge on any atom is 0.254 e. The Kier molecular flexibility index (Phi) is 2.87. The number of benzene rings is 1. The largest absolute Gasteiger partial charge is 0.506 e. The van der Waals surface area contributed by atoms with Crippen molar-refractivity contribution in [3.05, 3.63) is 40.9 Å². The van der Waals surface area contributed by atoms with Gasteiger partial charge in [-0.15, -0.1) is 0 Å². The van der Waals surface area contributed by atoms with Gasteiger partial charge in [-0.25, -0.2) is 0 Å². The molecule has 2 aliphatic carbocycles. The van der Waals surface area contributed by atoms with E-state index in [0.717, 1.165) is 11.4 Å². The molecule has 1 heterocycles. The minimum absolute atomic E-state index is 0.0238. The number of nitrogens with zero attached hydrogens (tertiary/aromatic N) is 2. The van der Waals surface area contributed by atoms with Crippen LogP contribution in [0.25, 0.3) is 0 Å². The molecular formula is C16H13ClN2O3. The van der Waals surface area contributed by atoms with Crippen molar-refractivity contribution in [1.29, 1.82) is 0 Å². The van der Waals surface area contributed by atoms with E-state index < -0.39 is 0 Å². The smallest absolute Gasteiger partial charge is 0.254 e. The quantitative estimate of drug-likeness (QED) is 0.516. The summed E-state index contributed by atoms with van der Waals surface area (Å²) in [5, 5.41) is 14.6. The SMILES string of the molecule is O=C1C2C3C=CC(C3)C2C(=O)N1/N=C/c1ccc(O)c(Cl)c1. The summed E-state index contributed by atoms with van der Waals surface area (Å²) in [5.74, 6) is -0.596. The van der Waals surface area contributed by atoms with E-state index in [0.29, 0.717) is 5.56 Å². The maximum absolute atomic E-state index is 12.4. The molecule has 1 saturated heterocycles. The van der Waals surface area contributed by atoms with Crippen LogP contribution in [0.15, 0.2) is 35.5 Å². The van der Waals surface area contributed by atoms with Crippen LogP contribution in [0, 0.1) is 23.7 Å². The highest BCUT2D eigenvalue weighted by atomic mass is 35.5. The van der Waals surface area contributed by atoms with Gasteiger partial charge < -0.3 is 5.11 Å². The van der Waals surface area contributed by atoms with Crippen molar-refractivity contribution in [2.24, 2.45) is 28.8 Å². The first-order valence-electron chi connectivity index (χ1n) is 7.15. The summed E-state index contributed by atoms with van der Waals surface area (Å²) in [5.41, 5.74) is 0.613. The van der Waals surface area contributed by atoms with E-state index in [4.69, 9.17) is 11.6 Å². The second kappa shape index (κ2) is 4.68. The van der Waals surface area contributed by atoms with Gasteiger partial charge in [-0.2, -0.15) is 10.1 Å². The molecule has 1 aromatic carbocycles. The fraction of sp³-hybridized carbons (Fsp3) is 0.312. The molecule has 1 aromatic rings. The van der Waals surface area contributed by atoms with Gasteiger partial charge in [0.2, 0.25) is 0 Å². The first-order valence-corrected chi connectivity index (χ1v) is 7.52. The molecule has 1 saturated carbocycles. The molecule has 4 rings (SSSR count). The Morgan fingerprint density at radius 2 is 1.82 bits per heavy atom. The van der Waals surface area contributed by atoms with Crippen LogP contribution in [-0.4, -0.2) is 28.1 Å². The molecule has 0 aromatic heterocycles. The molecule has 4 atom stereocenters. The number of aromatic hydroxyl groups is 1. The van der Waals surface area contributed by atoms with E-state index in [1.807, 2.05) is 12.2 Å². The number of carbonyl (C=O) groups is 2. The predicted octanol–water partition coefficient (Wildman–Crippen LogP) is 2.19. The van der Waals surface area contributed by atoms with E-state index >= 15 is 0 Å². The van der Waals surface area contributed by atoms with Gasteiger partial charge in [-0.1, -0.05) is 23.8 Å². The number of allylic oxidation sites excluding steroid dienone is 2. The zero-order chi connectivity index (χ0) is 15.4. The lowest BCUT2D eigenvalue weighted by Gasteiger charge is -2.13. The molecule has 1 N–H and O–H groups in total. The number of phenolic OH excluding ortho intramolecular Hbond substituents is 1. The van der Waals surface area contributed by atoms with Crippen LogP contribution in [0.2, 0.25) is 5.02 Å². The van der Waals surface area contributed by atoms with Gasteiger partial charge in [0.25, 0.3) is 11.8 Å². The molecule has 3 aliphatic rings. The van der Waals surface area contributed by atoms with Crippen LogP contribution in [0.5, 0.6) is 5.75 Å². The maximum atomic E-state index is 12.4. The number of amides is 2. The highest BCUT2D eigenvalue weighted by Crippen LogP contribution is 2.52. The highest BCUT2D eigenvalue weighted by Gasteiger charge is 2.59. The third kappa shape index (κ3) is 1.82. The normalized spacial score (nSPS) is 32.5. The molecule has 2 fully saturated rings. The zero-order valence-corrected chi connectivity index (χ0v) is 12.3. The fourth-order valence-electron chi connectivity index (χ4n) is 3.73. The molecule has 112 valence electrons. The average Bonchev–Trinajstić information content (AvgIpc) is 3.16. The number of phenols is 1. The lowest BCUT2D eigenvalue weighted by molar-refractivity contribution is -0.140. The molecule has 6 heteroatoms. The van der Waals surface area contributed by atoms with Gasteiger partial charge in [0, 0.05) is 0 Å². The first-order chi connectivity index (χ1) is 10.6. The van der Waals surface area contributed by atoms with Gasteiger partial charge in [0.1, 0.15) is 5.75 Å². The summed E-state index contributed by atoms with van der Waals surface area (Å²) < 4.78 is 0. The number of imide groups is 1. The van der Waals surface area contributed by atoms with Crippen molar-refractivity contribution in [1.82, 2.24) is 5.01 Å². The lowest BCUT2D eigenvalue weighted by atomic mass is 9.85. The van der Waals surface area contributed by atoms with Crippen LogP contribution < -0.4 is 0 Å². The third-order valence-electron chi connectivity index (χ3n) is 4.74. The Morgan fingerprint density at radius 1 is 1.18 bits per heavy atom. The van der Waals surface area contributed by atoms with E-state index in [1.165, 1.54) is 18.3 Å². The third-order valence-corrected chi connectivity index (χ3v) is 5.04. The molecule has 0 spiro atoms. The van der Waals surface area contributed by atoms with E-state index in [-0.39, 0.29) is 46.3 Å². The molecule has 4 unspecified atom stereocenters. The Hall–Kier alpha value is -2.14. The highest BCUT2D eigenvalue weighted by molar-refractivity contribution is 6.32. The Labute approximate surface area is 131 Å². The average molecular weight is 317 g/mol. The topological polar surface area (TPSA) is 70.0 Å². The van der Waals surface area contributed by atoms with Gasteiger partial charge in [-0.3, -0.25) is 9.59 Å². The van der Waals surface area contributed by atoms with E-state index in [9.17, 15) is 14.7 Å². The van der Waals surface area contributed by atoms with Gasteiger partial charge >= 0.3 is 0 Å². The Bertz CT molecular complexity index is 713. The number of fused-ring (bicyclic) bond motifs is 5. The summed E-state index contributed by atoms with van der Waals surface area (Å²) in [4.78, 5) is 24.8. The van der Waals surface area contributed by atoms with Crippen molar-refractivity contribution >= 4 is 29.6 Å². The van der Waals surface area contributed by atoms with Gasteiger partial charge in [-0.05, 0) is 42.0 Å². The molecule has 2 amide bonds. The van der Waals surface area contributed by atoms with Crippen molar-refractivity contribution in [2.75, 3.05) is 0 Å². The van der Waals surface area contributed by atoms with Crippen LogP contribution in [0.1, 0.15) is 12.0 Å². The second-order valence-electron chi connectivity index (χ2n) is 5.94. The summed E-state index contributed by atoms with van der Waals surface area (Å²) >= 11 is 5.82. The van der Waals surface area contributed by atoms with E-state index in [1.54, 1.807) is 6.07 Å². The van der Waals surface area contributed by atoms with Gasteiger partial charge in [0.05, 0.1) is 23.1 Å². The number of rotatable bonds is 2. The zero-order valence-electron chi connectivity index (χ0n) is 11.5. The molecule has 1 aliphatic heterocycles.